The van der Waals surface area contributed by atoms with Gasteiger partial charge in [-0.15, -0.1) is 0 Å². The van der Waals surface area contributed by atoms with Crippen LogP contribution < -0.4 is 5.32 Å². The van der Waals surface area contributed by atoms with E-state index in [2.05, 4.69) is 19.2 Å². The molecule has 3 atom stereocenters. The average molecular weight is 211 g/mol. The Labute approximate surface area is 93.8 Å². The van der Waals surface area contributed by atoms with Gasteiger partial charge in [-0.1, -0.05) is 13.8 Å². The highest BCUT2D eigenvalue weighted by molar-refractivity contribution is 4.83. The Morgan fingerprint density at radius 1 is 1.27 bits per heavy atom. The second kappa shape index (κ2) is 5.31. The molecule has 88 valence electrons. The number of ether oxygens (including phenoxy) is 1. The summed E-state index contributed by atoms with van der Waals surface area (Å²) in [5, 5.41) is 3.64. The summed E-state index contributed by atoms with van der Waals surface area (Å²) < 4.78 is 5.57. The Bertz CT molecular complexity index is 185. The minimum Gasteiger partial charge on any atom is -0.381 e. The molecule has 2 fully saturated rings. The Balaban J connectivity index is 1.69. The van der Waals surface area contributed by atoms with Crippen molar-refractivity contribution in [1.29, 1.82) is 0 Å². The van der Waals surface area contributed by atoms with Crippen molar-refractivity contribution in [3.63, 3.8) is 0 Å². The third-order valence-corrected chi connectivity index (χ3v) is 4.14. The SMILES string of the molecule is CC(CNC1CC1)C(C)C1CCCOC1. The normalized spacial score (nSPS) is 31.2. The van der Waals surface area contributed by atoms with Crippen molar-refractivity contribution >= 4 is 0 Å². The lowest BCUT2D eigenvalue weighted by atomic mass is 9.81. The molecule has 15 heavy (non-hydrogen) atoms. The van der Waals surface area contributed by atoms with Gasteiger partial charge in [0.05, 0.1) is 0 Å². The van der Waals surface area contributed by atoms with Crippen LogP contribution in [0.2, 0.25) is 0 Å². The Kier molecular flexibility index (Phi) is 4.04. The predicted octanol–water partition coefficient (Wildman–Crippen LogP) is 2.44. The summed E-state index contributed by atoms with van der Waals surface area (Å²) in [6.07, 6.45) is 5.42. The molecular weight excluding hydrogens is 186 g/mol. The summed E-state index contributed by atoms with van der Waals surface area (Å²) in [7, 11) is 0. The molecule has 0 bridgehead atoms. The summed E-state index contributed by atoms with van der Waals surface area (Å²) in [6, 6.07) is 0.849. The molecule has 0 aromatic carbocycles. The lowest BCUT2D eigenvalue weighted by Gasteiger charge is -2.31. The molecule has 2 heteroatoms. The van der Waals surface area contributed by atoms with E-state index in [1.807, 2.05) is 0 Å². The summed E-state index contributed by atoms with van der Waals surface area (Å²) >= 11 is 0. The zero-order chi connectivity index (χ0) is 10.7. The summed E-state index contributed by atoms with van der Waals surface area (Å²) in [5.74, 6) is 2.39. The van der Waals surface area contributed by atoms with Crippen LogP contribution >= 0.6 is 0 Å². The molecular formula is C13H25NO. The van der Waals surface area contributed by atoms with E-state index in [-0.39, 0.29) is 0 Å². The van der Waals surface area contributed by atoms with Gasteiger partial charge in [0, 0.05) is 19.3 Å². The first-order valence-electron chi connectivity index (χ1n) is 6.58. The first kappa shape index (κ1) is 11.4. The van der Waals surface area contributed by atoms with Crippen LogP contribution in [0.25, 0.3) is 0 Å². The maximum atomic E-state index is 5.57. The van der Waals surface area contributed by atoms with Crippen LogP contribution in [0.15, 0.2) is 0 Å². The van der Waals surface area contributed by atoms with Gasteiger partial charge in [-0.05, 0) is 50.0 Å². The summed E-state index contributed by atoms with van der Waals surface area (Å²) in [6.45, 7) is 7.96. The molecule has 0 spiro atoms. The Morgan fingerprint density at radius 2 is 2.07 bits per heavy atom. The third-order valence-electron chi connectivity index (χ3n) is 4.14. The van der Waals surface area contributed by atoms with Gasteiger partial charge < -0.3 is 10.1 Å². The first-order valence-corrected chi connectivity index (χ1v) is 6.58. The molecule has 2 nitrogen and oxygen atoms in total. The highest BCUT2D eigenvalue weighted by Crippen LogP contribution is 2.28. The maximum absolute atomic E-state index is 5.57. The average Bonchev–Trinajstić information content (AvgIpc) is 3.10. The Morgan fingerprint density at radius 3 is 2.67 bits per heavy atom. The van der Waals surface area contributed by atoms with Crippen LogP contribution in [0.5, 0.6) is 0 Å². The lowest BCUT2D eigenvalue weighted by molar-refractivity contribution is 0.0230. The van der Waals surface area contributed by atoms with Gasteiger partial charge in [-0.25, -0.2) is 0 Å². The summed E-state index contributed by atoms with van der Waals surface area (Å²) in [4.78, 5) is 0. The van der Waals surface area contributed by atoms with E-state index in [0.29, 0.717) is 0 Å². The molecule has 1 saturated carbocycles. The molecule has 1 aliphatic carbocycles. The molecule has 3 unspecified atom stereocenters. The highest BCUT2D eigenvalue weighted by Gasteiger charge is 2.27. The second-order valence-electron chi connectivity index (χ2n) is 5.50. The zero-order valence-corrected chi connectivity index (χ0v) is 10.2. The van der Waals surface area contributed by atoms with Crippen LogP contribution in [0.4, 0.5) is 0 Å². The van der Waals surface area contributed by atoms with Crippen molar-refractivity contribution in [3.8, 4) is 0 Å². The molecule has 0 radical (unpaired) electrons. The molecule has 0 aromatic heterocycles. The van der Waals surface area contributed by atoms with Crippen LogP contribution in [0.1, 0.15) is 39.5 Å². The van der Waals surface area contributed by atoms with Crippen molar-refractivity contribution < 1.29 is 4.74 Å². The molecule has 1 saturated heterocycles. The standard InChI is InChI=1S/C13H25NO/c1-10(8-14-13-5-6-13)11(2)12-4-3-7-15-9-12/h10-14H,3-9H2,1-2H3. The molecule has 1 aliphatic heterocycles. The first-order chi connectivity index (χ1) is 7.27. The third kappa shape index (κ3) is 3.46. The molecule has 2 aliphatic rings. The molecule has 0 amide bonds. The van der Waals surface area contributed by atoms with Crippen molar-refractivity contribution in [2.75, 3.05) is 19.8 Å². The van der Waals surface area contributed by atoms with Crippen molar-refractivity contribution in [3.05, 3.63) is 0 Å². The van der Waals surface area contributed by atoms with Gasteiger partial charge in [-0.3, -0.25) is 0 Å². The number of hydrogen-bond acceptors (Lipinski definition) is 2. The van der Waals surface area contributed by atoms with Crippen LogP contribution in [-0.4, -0.2) is 25.8 Å². The molecule has 2 rings (SSSR count). The van der Waals surface area contributed by atoms with E-state index in [9.17, 15) is 0 Å². The van der Waals surface area contributed by atoms with Gasteiger partial charge in [-0.2, -0.15) is 0 Å². The number of hydrogen-bond donors (Lipinski definition) is 1. The topological polar surface area (TPSA) is 21.3 Å². The van der Waals surface area contributed by atoms with Crippen molar-refractivity contribution in [2.45, 2.75) is 45.6 Å². The van der Waals surface area contributed by atoms with E-state index in [1.165, 1.54) is 32.2 Å². The largest absolute Gasteiger partial charge is 0.381 e. The van der Waals surface area contributed by atoms with Gasteiger partial charge >= 0.3 is 0 Å². The minimum atomic E-state index is 0.789. The van der Waals surface area contributed by atoms with Gasteiger partial charge in [0.2, 0.25) is 0 Å². The van der Waals surface area contributed by atoms with E-state index in [1.54, 1.807) is 0 Å². The van der Waals surface area contributed by atoms with E-state index in [4.69, 9.17) is 4.74 Å². The van der Waals surface area contributed by atoms with E-state index < -0.39 is 0 Å². The number of rotatable bonds is 5. The Hall–Kier alpha value is -0.0800. The van der Waals surface area contributed by atoms with E-state index >= 15 is 0 Å². The lowest BCUT2D eigenvalue weighted by Crippen LogP contribution is -2.33. The fraction of sp³-hybridized carbons (Fsp3) is 1.00. The fourth-order valence-electron chi connectivity index (χ4n) is 2.47. The molecule has 0 aromatic rings. The molecule has 1 N–H and O–H groups in total. The van der Waals surface area contributed by atoms with Crippen LogP contribution in [0, 0.1) is 17.8 Å². The molecule has 1 heterocycles. The maximum Gasteiger partial charge on any atom is 0.0496 e. The summed E-state index contributed by atoms with van der Waals surface area (Å²) in [5.41, 5.74) is 0. The van der Waals surface area contributed by atoms with Gasteiger partial charge in [0.1, 0.15) is 0 Å². The van der Waals surface area contributed by atoms with Crippen molar-refractivity contribution in [1.82, 2.24) is 5.32 Å². The van der Waals surface area contributed by atoms with Crippen molar-refractivity contribution in [2.24, 2.45) is 17.8 Å². The highest BCUT2D eigenvalue weighted by atomic mass is 16.5. The fourth-order valence-corrected chi connectivity index (χ4v) is 2.47. The van der Waals surface area contributed by atoms with Gasteiger partial charge in [0.25, 0.3) is 0 Å². The monoisotopic (exact) mass is 211 g/mol. The van der Waals surface area contributed by atoms with Crippen LogP contribution in [0.3, 0.4) is 0 Å². The smallest absolute Gasteiger partial charge is 0.0496 e. The quantitative estimate of drug-likeness (QED) is 0.754. The van der Waals surface area contributed by atoms with E-state index in [0.717, 1.165) is 37.0 Å². The second-order valence-corrected chi connectivity index (χ2v) is 5.50. The zero-order valence-electron chi connectivity index (χ0n) is 10.2. The van der Waals surface area contributed by atoms with Crippen LogP contribution in [-0.2, 0) is 4.74 Å². The predicted molar refractivity (Wildman–Crippen MR) is 62.9 cm³/mol. The minimum absolute atomic E-state index is 0.789. The number of nitrogens with one attached hydrogen (secondary N) is 1. The van der Waals surface area contributed by atoms with Gasteiger partial charge in [0.15, 0.2) is 0 Å².